The van der Waals surface area contributed by atoms with Crippen molar-refractivity contribution in [1.82, 2.24) is 0 Å². The maximum absolute atomic E-state index is 14.2. The number of hydrogen-bond acceptors (Lipinski definition) is 2. The third-order valence-corrected chi connectivity index (χ3v) is 3.82. The minimum atomic E-state index is -0.765. The van der Waals surface area contributed by atoms with Crippen molar-refractivity contribution in [2.24, 2.45) is 5.73 Å². The van der Waals surface area contributed by atoms with Gasteiger partial charge in [0.2, 0.25) is 0 Å². The normalized spacial score (nSPS) is 18.5. The Morgan fingerprint density at radius 3 is 2.75 bits per heavy atom. The highest BCUT2D eigenvalue weighted by molar-refractivity contribution is 5.43. The van der Waals surface area contributed by atoms with E-state index in [4.69, 9.17) is 10.5 Å². The number of aryl methyl sites for hydroxylation is 1. The van der Waals surface area contributed by atoms with Gasteiger partial charge in [0.25, 0.3) is 0 Å². The Kier molecular flexibility index (Phi) is 3.18. The second-order valence-corrected chi connectivity index (χ2v) is 5.07. The zero-order valence-electron chi connectivity index (χ0n) is 11.1. The molecular formula is C16H15F2NO. The van der Waals surface area contributed by atoms with Crippen LogP contribution in [0, 0.1) is 18.6 Å². The van der Waals surface area contributed by atoms with Crippen molar-refractivity contribution in [2.45, 2.75) is 18.9 Å². The van der Waals surface area contributed by atoms with Crippen molar-refractivity contribution < 1.29 is 13.5 Å². The average molecular weight is 275 g/mol. The standard InChI is InChI=1S/C16H15F2NO/c1-9-6-7-12(17)14(15(9)18)16(19)11-8-20-13-5-3-2-4-10(11)13/h2-7,11,16H,8,19H2,1H3. The monoisotopic (exact) mass is 275 g/mol. The van der Waals surface area contributed by atoms with Crippen molar-refractivity contribution in [3.8, 4) is 5.75 Å². The lowest BCUT2D eigenvalue weighted by Crippen LogP contribution is -2.23. The third kappa shape index (κ3) is 1.96. The van der Waals surface area contributed by atoms with Crippen LogP contribution in [-0.4, -0.2) is 6.61 Å². The van der Waals surface area contributed by atoms with Gasteiger partial charge in [0, 0.05) is 23.1 Å². The summed E-state index contributed by atoms with van der Waals surface area (Å²) in [7, 11) is 0. The molecule has 2 N–H and O–H groups in total. The summed E-state index contributed by atoms with van der Waals surface area (Å²) in [5.41, 5.74) is 7.36. The number of halogens is 2. The number of benzene rings is 2. The van der Waals surface area contributed by atoms with Crippen LogP contribution in [0.2, 0.25) is 0 Å². The van der Waals surface area contributed by atoms with Crippen molar-refractivity contribution in [2.75, 3.05) is 6.61 Å². The predicted molar refractivity (Wildman–Crippen MR) is 72.7 cm³/mol. The number of ether oxygens (including phenoxy) is 1. The summed E-state index contributed by atoms with van der Waals surface area (Å²) in [6.45, 7) is 1.94. The summed E-state index contributed by atoms with van der Waals surface area (Å²) in [6.07, 6.45) is 0. The maximum Gasteiger partial charge on any atom is 0.133 e. The highest BCUT2D eigenvalue weighted by atomic mass is 19.1. The van der Waals surface area contributed by atoms with E-state index >= 15 is 0 Å². The molecule has 0 fully saturated rings. The molecule has 0 spiro atoms. The lowest BCUT2D eigenvalue weighted by molar-refractivity contribution is 0.311. The molecule has 0 radical (unpaired) electrons. The summed E-state index contributed by atoms with van der Waals surface area (Å²) in [6, 6.07) is 9.37. The van der Waals surface area contributed by atoms with E-state index in [2.05, 4.69) is 0 Å². The van der Waals surface area contributed by atoms with Crippen LogP contribution in [0.3, 0.4) is 0 Å². The molecule has 2 unspecified atom stereocenters. The second-order valence-electron chi connectivity index (χ2n) is 5.07. The molecule has 0 aliphatic carbocycles. The Morgan fingerprint density at radius 1 is 1.20 bits per heavy atom. The van der Waals surface area contributed by atoms with Crippen LogP contribution < -0.4 is 10.5 Å². The van der Waals surface area contributed by atoms with Crippen molar-refractivity contribution in [3.63, 3.8) is 0 Å². The molecule has 1 aliphatic heterocycles. The summed E-state index contributed by atoms with van der Waals surface area (Å²) in [5, 5.41) is 0. The number of fused-ring (bicyclic) bond motifs is 1. The second kappa shape index (κ2) is 4.87. The molecule has 2 nitrogen and oxygen atoms in total. The van der Waals surface area contributed by atoms with E-state index in [1.54, 1.807) is 6.92 Å². The van der Waals surface area contributed by atoms with E-state index in [1.165, 1.54) is 12.1 Å². The molecule has 20 heavy (non-hydrogen) atoms. The van der Waals surface area contributed by atoms with E-state index in [0.29, 0.717) is 12.2 Å². The van der Waals surface area contributed by atoms with Gasteiger partial charge >= 0.3 is 0 Å². The Bertz CT molecular complexity index is 657. The highest BCUT2D eigenvalue weighted by Gasteiger charge is 2.33. The molecule has 0 saturated heterocycles. The van der Waals surface area contributed by atoms with Gasteiger partial charge in [-0.05, 0) is 24.6 Å². The Labute approximate surface area is 116 Å². The first kappa shape index (κ1) is 13.1. The van der Waals surface area contributed by atoms with Crippen LogP contribution >= 0.6 is 0 Å². The zero-order chi connectivity index (χ0) is 14.3. The minimum Gasteiger partial charge on any atom is -0.493 e. The van der Waals surface area contributed by atoms with Gasteiger partial charge in [-0.15, -0.1) is 0 Å². The largest absolute Gasteiger partial charge is 0.493 e. The fourth-order valence-electron chi connectivity index (χ4n) is 2.67. The fraction of sp³-hybridized carbons (Fsp3) is 0.250. The Hall–Kier alpha value is -1.94. The summed E-state index contributed by atoms with van der Waals surface area (Å²) >= 11 is 0. The van der Waals surface area contributed by atoms with E-state index in [0.717, 1.165) is 11.3 Å². The van der Waals surface area contributed by atoms with Gasteiger partial charge in [-0.3, -0.25) is 0 Å². The number of nitrogens with two attached hydrogens (primary N) is 1. The quantitative estimate of drug-likeness (QED) is 0.911. The molecule has 0 saturated carbocycles. The molecule has 1 heterocycles. The topological polar surface area (TPSA) is 35.2 Å². The first-order valence-electron chi connectivity index (χ1n) is 6.51. The van der Waals surface area contributed by atoms with Gasteiger partial charge in [-0.25, -0.2) is 8.78 Å². The minimum absolute atomic E-state index is 0.0599. The van der Waals surface area contributed by atoms with Gasteiger partial charge in [-0.1, -0.05) is 24.3 Å². The van der Waals surface area contributed by atoms with Crippen LogP contribution in [-0.2, 0) is 0 Å². The van der Waals surface area contributed by atoms with Crippen molar-refractivity contribution in [3.05, 3.63) is 64.7 Å². The Morgan fingerprint density at radius 2 is 1.95 bits per heavy atom. The van der Waals surface area contributed by atoms with Crippen LogP contribution in [0.25, 0.3) is 0 Å². The lowest BCUT2D eigenvalue weighted by Gasteiger charge is -2.20. The third-order valence-electron chi connectivity index (χ3n) is 3.82. The molecule has 3 rings (SSSR count). The molecule has 0 bridgehead atoms. The summed E-state index contributed by atoms with van der Waals surface area (Å²) in [4.78, 5) is 0. The highest BCUT2D eigenvalue weighted by Crippen LogP contribution is 2.41. The van der Waals surface area contributed by atoms with E-state index in [-0.39, 0.29) is 11.5 Å². The summed E-state index contributed by atoms with van der Waals surface area (Å²) < 4.78 is 33.7. The number of rotatable bonds is 2. The van der Waals surface area contributed by atoms with E-state index in [1.807, 2.05) is 24.3 Å². The smallest absolute Gasteiger partial charge is 0.133 e. The lowest BCUT2D eigenvalue weighted by atomic mass is 9.88. The van der Waals surface area contributed by atoms with Gasteiger partial charge in [0.15, 0.2) is 0 Å². The summed E-state index contributed by atoms with van der Waals surface area (Å²) in [5.74, 6) is -0.676. The molecule has 104 valence electrons. The van der Waals surface area contributed by atoms with Crippen molar-refractivity contribution >= 4 is 0 Å². The SMILES string of the molecule is Cc1ccc(F)c(C(N)C2COc3ccccc32)c1F. The molecule has 2 aromatic rings. The fourth-order valence-corrected chi connectivity index (χ4v) is 2.67. The van der Waals surface area contributed by atoms with Crippen molar-refractivity contribution in [1.29, 1.82) is 0 Å². The first-order chi connectivity index (χ1) is 9.59. The van der Waals surface area contributed by atoms with E-state index in [9.17, 15) is 8.78 Å². The maximum atomic E-state index is 14.2. The molecule has 2 aromatic carbocycles. The van der Waals surface area contributed by atoms with Crippen LogP contribution in [0.4, 0.5) is 8.78 Å². The van der Waals surface area contributed by atoms with Gasteiger partial charge in [0.05, 0.1) is 6.61 Å². The molecule has 0 amide bonds. The predicted octanol–water partition coefficient (Wildman–Crippen LogP) is 3.45. The zero-order valence-corrected chi connectivity index (χ0v) is 11.1. The van der Waals surface area contributed by atoms with Gasteiger partial charge < -0.3 is 10.5 Å². The van der Waals surface area contributed by atoms with Crippen LogP contribution in [0.15, 0.2) is 36.4 Å². The molecule has 0 aromatic heterocycles. The molecule has 2 atom stereocenters. The molecular weight excluding hydrogens is 260 g/mol. The molecule has 4 heteroatoms. The average Bonchev–Trinajstić information content (AvgIpc) is 2.87. The molecule has 1 aliphatic rings. The number of para-hydroxylation sites is 1. The van der Waals surface area contributed by atoms with E-state index < -0.39 is 17.7 Å². The first-order valence-corrected chi connectivity index (χ1v) is 6.51. The van der Waals surface area contributed by atoms with Crippen LogP contribution in [0.1, 0.15) is 28.7 Å². The number of hydrogen-bond donors (Lipinski definition) is 1. The van der Waals surface area contributed by atoms with Crippen LogP contribution in [0.5, 0.6) is 5.75 Å². The van der Waals surface area contributed by atoms with Gasteiger partial charge in [-0.2, -0.15) is 0 Å². The Balaban J connectivity index is 2.03. The van der Waals surface area contributed by atoms with Gasteiger partial charge in [0.1, 0.15) is 17.4 Å².